The molecule has 0 saturated carbocycles. The predicted octanol–water partition coefficient (Wildman–Crippen LogP) is 3.78. The molecule has 0 spiro atoms. The number of halogens is 3. The Kier molecular flexibility index (Phi) is 6.48. The standard InChI is InChI=1S/C21H22ClF2N5O2S/c1-20(10-21(2,18(31)29(3)4)32-19(25)28-20)13-7-12(8-14(23)16(13)24)27-17(30)15-6-5-11(22)9-26-15/h5-9H,10H2,1-4H3,(H2,25,28)(H,27,30)/t20-,21+/m0/s1. The molecule has 2 atom stereocenters. The SMILES string of the molecule is CN(C)C(=O)[C@@]1(C)C[C@@](C)(c2cc(NC(=O)c3ccc(Cl)cn3)cc(F)c2F)N=C(N)S1. The maximum absolute atomic E-state index is 14.9. The van der Waals surface area contributed by atoms with Gasteiger partial charge in [-0.1, -0.05) is 23.4 Å². The number of aliphatic imine (C=N–C) groups is 1. The van der Waals surface area contributed by atoms with Gasteiger partial charge in [-0.25, -0.2) is 13.8 Å². The molecule has 0 bridgehead atoms. The number of anilines is 1. The topological polar surface area (TPSA) is 101 Å². The van der Waals surface area contributed by atoms with Crippen LogP contribution in [0.5, 0.6) is 0 Å². The van der Waals surface area contributed by atoms with E-state index in [9.17, 15) is 18.4 Å². The number of nitrogens with two attached hydrogens (primary N) is 1. The summed E-state index contributed by atoms with van der Waals surface area (Å²) in [6.45, 7) is 3.26. The van der Waals surface area contributed by atoms with Crippen LogP contribution in [0, 0.1) is 11.6 Å². The fraction of sp³-hybridized carbons (Fsp3) is 0.333. The number of rotatable bonds is 4. The van der Waals surface area contributed by atoms with E-state index in [4.69, 9.17) is 17.3 Å². The largest absolute Gasteiger partial charge is 0.378 e. The molecule has 1 aliphatic rings. The van der Waals surface area contributed by atoms with Gasteiger partial charge in [0.25, 0.3) is 5.91 Å². The van der Waals surface area contributed by atoms with Crippen LogP contribution in [-0.4, -0.2) is 45.7 Å². The normalized spacial score (nSPS) is 22.8. The second-order valence-electron chi connectivity index (χ2n) is 8.07. The summed E-state index contributed by atoms with van der Waals surface area (Å²) in [4.78, 5) is 34.9. The molecule has 2 heterocycles. The van der Waals surface area contributed by atoms with Crippen LogP contribution in [-0.2, 0) is 10.3 Å². The van der Waals surface area contributed by atoms with E-state index < -0.39 is 27.8 Å². The zero-order chi connectivity index (χ0) is 23.8. The minimum Gasteiger partial charge on any atom is -0.378 e. The van der Waals surface area contributed by atoms with Crippen LogP contribution in [0.1, 0.15) is 36.3 Å². The van der Waals surface area contributed by atoms with Gasteiger partial charge in [0.05, 0.1) is 10.6 Å². The van der Waals surface area contributed by atoms with Gasteiger partial charge in [0.1, 0.15) is 10.4 Å². The average molecular weight is 482 g/mol. The molecular weight excluding hydrogens is 460 g/mol. The molecule has 0 radical (unpaired) electrons. The molecule has 0 fully saturated rings. The molecule has 0 aliphatic carbocycles. The van der Waals surface area contributed by atoms with Gasteiger partial charge in [-0.05, 0) is 32.0 Å². The minimum atomic E-state index is -1.35. The third-order valence-electron chi connectivity index (χ3n) is 5.05. The highest BCUT2D eigenvalue weighted by atomic mass is 35.5. The fourth-order valence-corrected chi connectivity index (χ4v) is 5.18. The summed E-state index contributed by atoms with van der Waals surface area (Å²) in [5, 5.41) is 2.94. The van der Waals surface area contributed by atoms with Crippen LogP contribution in [0.15, 0.2) is 35.5 Å². The lowest BCUT2D eigenvalue weighted by atomic mass is 9.82. The fourth-order valence-electron chi connectivity index (χ4n) is 3.74. The van der Waals surface area contributed by atoms with Crippen LogP contribution >= 0.6 is 23.4 Å². The number of pyridine rings is 1. The molecule has 1 aromatic carbocycles. The first-order chi connectivity index (χ1) is 14.8. The maximum Gasteiger partial charge on any atom is 0.274 e. The number of amides is 2. The van der Waals surface area contributed by atoms with Crippen molar-refractivity contribution < 1.29 is 18.4 Å². The number of thioether (sulfide) groups is 1. The molecule has 7 nitrogen and oxygen atoms in total. The Labute approximate surface area is 193 Å². The van der Waals surface area contributed by atoms with Crippen LogP contribution in [0.2, 0.25) is 5.02 Å². The van der Waals surface area contributed by atoms with Crippen molar-refractivity contribution in [2.75, 3.05) is 19.4 Å². The minimum absolute atomic E-state index is 0.00881. The molecule has 2 aromatic rings. The lowest BCUT2D eigenvalue weighted by Crippen LogP contribution is -2.49. The number of carbonyl (C=O) groups excluding carboxylic acids is 2. The van der Waals surface area contributed by atoms with E-state index in [2.05, 4.69) is 15.3 Å². The lowest BCUT2D eigenvalue weighted by Gasteiger charge is -2.41. The molecule has 2 amide bonds. The van der Waals surface area contributed by atoms with Crippen molar-refractivity contribution >= 4 is 46.0 Å². The Hall–Kier alpha value is -2.72. The molecule has 170 valence electrons. The molecule has 0 unspecified atom stereocenters. The number of hydrogen-bond donors (Lipinski definition) is 2. The highest BCUT2D eigenvalue weighted by Gasteiger charge is 2.48. The molecule has 0 saturated heterocycles. The van der Waals surface area contributed by atoms with Gasteiger partial charge < -0.3 is 16.0 Å². The zero-order valence-corrected chi connectivity index (χ0v) is 19.4. The first-order valence-electron chi connectivity index (χ1n) is 9.53. The summed E-state index contributed by atoms with van der Waals surface area (Å²) < 4.78 is 28.4. The number of nitrogens with zero attached hydrogens (tertiary/aromatic N) is 3. The van der Waals surface area contributed by atoms with Crippen molar-refractivity contribution in [1.29, 1.82) is 0 Å². The monoisotopic (exact) mass is 481 g/mol. The van der Waals surface area contributed by atoms with Gasteiger partial charge in [-0.15, -0.1) is 0 Å². The number of nitrogens with one attached hydrogen (secondary N) is 1. The van der Waals surface area contributed by atoms with Gasteiger partial charge in [0.15, 0.2) is 16.8 Å². The Morgan fingerprint density at radius 2 is 1.94 bits per heavy atom. The van der Waals surface area contributed by atoms with E-state index in [0.717, 1.165) is 17.8 Å². The second kappa shape index (κ2) is 8.67. The van der Waals surface area contributed by atoms with Gasteiger partial charge in [-0.2, -0.15) is 0 Å². The van der Waals surface area contributed by atoms with Gasteiger partial charge in [-0.3, -0.25) is 14.6 Å². The molecule has 3 N–H and O–H groups in total. The van der Waals surface area contributed by atoms with Gasteiger partial charge in [0, 0.05) is 44.0 Å². The highest BCUT2D eigenvalue weighted by molar-refractivity contribution is 8.15. The number of amidine groups is 1. The van der Waals surface area contributed by atoms with E-state index in [1.165, 1.54) is 29.3 Å². The molecule has 3 rings (SSSR count). The predicted molar refractivity (Wildman–Crippen MR) is 122 cm³/mol. The number of benzene rings is 1. The first-order valence-corrected chi connectivity index (χ1v) is 10.7. The van der Waals surface area contributed by atoms with E-state index in [0.29, 0.717) is 5.02 Å². The summed E-state index contributed by atoms with van der Waals surface area (Å²) in [6, 6.07) is 5.05. The van der Waals surface area contributed by atoms with E-state index in [1.54, 1.807) is 27.9 Å². The van der Waals surface area contributed by atoms with Crippen LogP contribution in [0.4, 0.5) is 14.5 Å². The van der Waals surface area contributed by atoms with Crippen molar-refractivity contribution in [3.8, 4) is 0 Å². The smallest absolute Gasteiger partial charge is 0.274 e. The maximum atomic E-state index is 14.9. The molecule has 1 aliphatic heterocycles. The quantitative estimate of drug-likeness (QED) is 0.692. The van der Waals surface area contributed by atoms with E-state index >= 15 is 0 Å². The number of aromatic nitrogens is 1. The van der Waals surface area contributed by atoms with Crippen LogP contribution < -0.4 is 11.1 Å². The second-order valence-corrected chi connectivity index (χ2v) is 10.0. The van der Waals surface area contributed by atoms with Crippen molar-refractivity contribution in [2.24, 2.45) is 10.7 Å². The average Bonchev–Trinajstić information content (AvgIpc) is 2.69. The van der Waals surface area contributed by atoms with Crippen molar-refractivity contribution in [2.45, 2.75) is 30.6 Å². The van der Waals surface area contributed by atoms with E-state index in [-0.39, 0.29) is 34.4 Å². The zero-order valence-electron chi connectivity index (χ0n) is 17.9. The Morgan fingerprint density at radius 1 is 1.25 bits per heavy atom. The molecule has 32 heavy (non-hydrogen) atoms. The van der Waals surface area contributed by atoms with Crippen LogP contribution in [0.3, 0.4) is 0 Å². The third-order valence-corrected chi connectivity index (χ3v) is 6.35. The summed E-state index contributed by atoms with van der Waals surface area (Å²) in [7, 11) is 3.21. The summed E-state index contributed by atoms with van der Waals surface area (Å²) in [5.41, 5.74) is 4.58. The van der Waals surface area contributed by atoms with Gasteiger partial charge in [0.2, 0.25) is 5.91 Å². The third kappa shape index (κ3) is 4.71. The number of hydrogen-bond acceptors (Lipinski definition) is 6. The van der Waals surface area contributed by atoms with Crippen molar-refractivity contribution in [1.82, 2.24) is 9.88 Å². The Bertz CT molecular complexity index is 1110. The highest BCUT2D eigenvalue weighted by Crippen LogP contribution is 2.47. The lowest BCUT2D eigenvalue weighted by molar-refractivity contribution is -0.131. The van der Waals surface area contributed by atoms with E-state index in [1.807, 2.05) is 0 Å². The Balaban J connectivity index is 2.01. The van der Waals surface area contributed by atoms with Crippen molar-refractivity contribution in [3.05, 3.63) is 58.4 Å². The summed E-state index contributed by atoms with van der Waals surface area (Å²) in [5.74, 6) is -3.15. The first kappa shape index (κ1) is 23.9. The van der Waals surface area contributed by atoms with Crippen molar-refractivity contribution in [3.63, 3.8) is 0 Å². The summed E-state index contributed by atoms with van der Waals surface area (Å²) >= 11 is 6.85. The van der Waals surface area contributed by atoms with Crippen LogP contribution in [0.25, 0.3) is 0 Å². The summed E-state index contributed by atoms with van der Waals surface area (Å²) in [6.07, 6.45) is 1.36. The molecule has 11 heteroatoms. The van der Waals surface area contributed by atoms with Gasteiger partial charge >= 0.3 is 0 Å². The molecule has 1 aromatic heterocycles. The Morgan fingerprint density at radius 3 is 2.53 bits per heavy atom. The number of carbonyl (C=O) groups is 2. The molecular formula is C21H22ClF2N5O2S.